The first-order valence-corrected chi connectivity index (χ1v) is 9.63. The zero-order valence-corrected chi connectivity index (χ0v) is 17.0. The number of pyridine rings is 1. The molecule has 2 aromatic heterocycles. The Balaban J connectivity index is 1.55. The van der Waals surface area contributed by atoms with Gasteiger partial charge in [0, 0.05) is 11.8 Å². The Labute approximate surface area is 182 Å². The van der Waals surface area contributed by atoms with Crippen LogP contribution in [-0.4, -0.2) is 33.7 Å². The second kappa shape index (κ2) is 9.09. The van der Waals surface area contributed by atoms with Gasteiger partial charge >= 0.3 is 5.97 Å². The minimum atomic E-state index is -0.578. The number of carbonyl (C=O) groups excluding carboxylic acids is 2. The Morgan fingerprint density at radius 3 is 2.56 bits per heavy atom. The quantitative estimate of drug-likeness (QED) is 0.468. The van der Waals surface area contributed by atoms with Crippen LogP contribution in [0.15, 0.2) is 82.2 Å². The zero-order chi connectivity index (χ0) is 22.5. The Kier molecular flexibility index (Phi) is 5.89. The maximum Gasteiger partial charge on any atom is 0.339 e. The number of rotatable bonds is 6. The Bertz CT molecular complexity index is 1330. The Hall–Kier alpha value is -4.53. The van der Waals surface area contributed by atoms with Crippen LogP contribution < -0.4 is 10.9 Å². The molecule has 0 fully saturated rings. The molecule has 32 heavy (non-hydrogen) atoms. The van der Waals surface area contributed by atoms with Gasteiger partial charge in [0.05, 0.1) is 18.4 Å². The van der Waals surface area contributed by atoms with Gasteiger partial charge < -0.3 is 19.1 Å². The summed E-state index contributed by atoms with van der Waals surface area (Å²) in [5, 5.41) is 6.56. The minimum absolute atomic E-state index is 0.0552. The van der Waals surface area contributed by atoms with E-state index in [4.69, 9.17) is 9.26 Å². The molecular formula is C23H18N4O5. The van der Waals surface area contributed by atoms with E-state index in [1.165, 1.54) is 23.9 Å². The lowest BCUT2D eigenvalue weighted by molar-refractivity contribution is -0.116. The van der Waals surface area contributed by atoms with Crippen molar-refractivity contribution in [1.29, 1.82) is 0 Å². The van der Waals surface area contributed by atoms with Gasteiger partial charge in [-0.2, -0.15) is 4.98 Å². The predicted octanol–water partition coefficient (Wildman–Crippen LogP) is 2.99. The fourth-order valence-corrected chi connectivity index (χ4v) is 3.09. The van der Waals surface area contributed by atoms with E-state index in [9.17, 15) is 14.4 Å². The van der Waals surface area contributed by atoms with Crippen LogP contribution in [0.25, 0.3) is 22.8 Å². The monoisotopic (exact) mass is 430 g/mol. The van der Waals surface area contributed by atoms with E-state index in [0.29, 0.717) is 5.82 Å². The number of anilines is 1. The molecule has 0 bridgehead atoms. The third-order valence-corrected chi connectivity index (χ3v) is 4.63. The number of ether oxygens (including phenoxy) is 1. The number of para-hydroxylation sites is 1. The summed E-state index contributed by atoms with van der Waals surface area (Å²) in [4.78, 5) is 41.6. The van der Waals surface area contributed by atoms with Crippen LogP contribution in [-0.2, 0) is 16.1 Å². The van der Waals surface area contributed by atoms with Gasteiger partial charge in [-0.15, -0.1) is 0 Å². The van der Waals surface area contributed by atoms with Crippen LogP contribution in [0, 0.1) is 0 Å². The minimum Gasteiger partial charge on any atom is -0.465 e. The lowest BCUT2D eigenvalue weighted by Crippen LogP contribution is -2.28. The van der Waals surface area contributed by atoms with Gasteiger partial charge in [-0.3, -0.25) is 9.59 Å². The molecule has 0 atom stereocenters. The lowest BCUT2D eigenvalue weighted by atomic mass is 10.2. The fourth-order valence-electron chi connectivity index (χ4n) is 3.09. The van der Waals surface area contributed by atoms with Crippen molar-refractivity contribution in [3.8, 4) is 22.8 Å². The molecular weight excluding hydrogens is 412 g/mol. The number of carbonyl (C=O) groups is 2. The summed E-state index contributed by atoms with van der Waals surface area (Å²) in [5.74, 6) is -0.658. The number of nitrogens with zero attached hydrogens (tertiary/aromatic N) is 3. The van der Waals surface area contributed by atoms with Crippen LogP contribution in [0.4, 0.5) is 5.69 Å². The van der Waals surface area contributed by atoms with Gasteiger partial charge in [0.15, 0.2) is 0 Å². The van der Waals surface area contributed by atoms with E-state index in [-0.39, 0.29) is 29.2 Å². The van der Waals surface area contributed by atoms with Gasteiger partial charge in [0.2, 0.25) is 11.7 Å². The third-order valence-electron chi connectivity index (χ3n) is 4.63. The molecule has 9 nitrogen and oxygen atoms in total. The van der Waals surface area contributed by atoms with Gasteiger partial charge in [-0.1, -0.05) is 47.6 Å². The molecule has 0 aliphatic carbocycles. The van der Waals surface area contributed by atoms with Crippen molar-refractivity contribution in [2.75, 3.05) is 12.4 Å². The molecule has 2 aromatic carbocycles. The van der Waals surface area contributed by atoms with Crippen molar-refractivity contribution in [1.82, 2.24) is 14.7 Å². The number of nitrogens with one attached hydrogen (secondary N) is 1. The topological polar surface area (TPSA) is 116 Å². The summed E-state index contributed by atoms with van der Waals surface area (Å²) in [6, 6.07) is 18.8. The van der Waals surface area contributed by atoms with Crippen LogP contribution in [0.3, 0.4) is 0 Å². The standard InChI is InChI=1S/C23H18N4O5/c1-31-23(30)16-10-5-6-12-18(16)24-19(28)14-27-13-7-11-17(22(27)29)21-25-20(26-32-21)15-8-3-2-4-9-15/h2-13H,14H2,1H3,(H,24,28). The lowest BCUT2D eigenvalue weighted by Gasteiger charge is -2.11. The third kappa shape index (κ3) is 4.31. The van der Waals surface area contributed by atoms with Crippen molar-refractivity contribution in [2.24, 2.45) is 0 Å². The molecule has 0 unspecified atom stereocenters. The molecule has 0 saturated carbocycles. The van der Waals surface area contributed by atoms with Crippen molar-refractivity contribution >= 4 is 17.6 Å². The van der Waals surface area contributed by atoms with Crippen molar-refractivity contribution in [3.05, 3.63) is 88.8 Å². The smallest absolute Gasteiger partial charge is 0.339 e. The molecule has 0 aliphatic rings. The highest BCUT2D eigenvalue weighted by molar-refractivity contribution is 6.01. The molecule has 0 aliphatic heterocycles. The number of hydrogen-bond donors (Lipinski definition) is 1. The van der Waals surface area contributed by atoms with E-state index in [2.05, 4.69) is 15.5 Å². The SMILES string of the molecule is COC(=O)c1ccccc1NC(=O)Cn1cccc(-c2nc(-c3ccccc3)no2)c1=O. The Morgan fingerprint density at radius 2 is 1.78 bits per heavy atom. The average molecular weight is 430 g/mol. The number of aromatic nitrogens is 3. The fraction of sp³-hybridized carbons (Fsp3) is 0.0870. The number of benzene rings is 2. The van der Waals surface area contributed by atoms with Crippen LogP contribution in [0.1, 0.15) is 10.4 Å². The number of amides is 1. The summed E-state index contributed by atoms with van der Waals surface area (Å²) >= 11 is 0. The highest BCUT2D eigenvalue weighted by Gasteiger charge is 2.17. The summed E-state index contributed by atoms with van der Waals surface area (Å²) in [5.41, 5.74) is 0.959. The first-order chi connectivity index (χ1) is 15.6. The first-order valence-electron chi connectivity index (χ1n) is 9.63. The highest BCUT2D eigenvalue weighted by atomic mass is 16.5. The maximum absolute atomic E-state index is 12.9. The summed E-state index contributed by atoms with van der Waals surface area (Å²) < 4.78 is 11.2. The number of methoxy groups -OCH3 is 1. The second-order valence-corrected chi connectivity index (χ2v) is 6.73. The number of hydrogen-bond acceptors (Lipinski definition) is 7. The first kappa shape index (κ1) is 20.7. The molecule has 0 saturated heterocycles. The van der Waals surface area contributed by atoms with Crippen molar-refractivity contribution in [2.45, 2.75) is 6.54 Å². The largest absolute Gasteiger partial charge is 0.465 e. The molecule has 1 amide bonds. The van der Waals surface area contributed by atoms with Crippen LogP contribution in [0.5, 0.6) is 0 Å². The summed E-state index contributed by atoms with van der Waals surface area (Å²) in [7, 11) is 1.26. The van der Waals surface area contributed by atoms with Gasteiger partial charge in [0.25, 0.3) is 11.4 Å². The van der Waals surface area contributed by atoms with Gasteiger partial charge in [-0.05, 0) is 24.3 Å². The van der Waals surface area contributed by atoms with E-state index >= 15 is 0 Å². The molecule has 4 aromatic rings. The highest BCUT2D eigenvalue weighted by Crippen LogP contribution is 2.20. The van der Waals surface area contributed by atoms with Crippen LogP contribution >= 0.6 is 0 Å². The predicted molar refractivity (Wildman–Crippen MR) is 116 cm³/mol. The van der Waals surface area contributed by atoms with E-state index < -0.39 is 17.4 Å². The summed E-state index contributed by atoms with van der Waals surface area (Å²) in [6.45, 7) is -0.276. The second-order valence-electron chi connectivity index (χ2n) is 6.73. The van der Waals surface area contributed by atoms with E-state index in [1.807, 2.05) is 30.3 Å². The van der Waals surface area contributed by atoms with Crippen LogP contribution in [0.2, 0.25) is 0 Å². The van der Waals surface area contributed by atoms with Crippen molar-refractivity contribution in [3.63, 3.8) is 0 Å². The molecule has 9 heteroatoms. The molecule has 0 spiro atoms. The molecule has 160 valence electrons. The van der Waals surface area contributed by atoms with E-state index in [1.54, 1.807) is 30.3 Å². The molecule has 1 N–H and O–H groups in total. The van der Waals surface area contributed by atoms with Crippen molar-refractivity contribution < 1.29 is 18.8 Å². The molecule has 4 rings (SSSR count). The summed E-state index contributed by atoms with van der Waals surface area (Å²) in [6.07, 6.45) is 1.48. The molecule has 2 heterocycles. The average Bonchev–Trinajstić information content (AvgIpc) is 3.31. The maximum atomic E-state index is 12.9. The normalized spacial score (nSPS) is 10.5. The van der Waals surface area contributed by atoms with Gasteiger partial charge in [0.1, 0.15) is 12.1 Å². The van der Waals surface area contributed by atoms with Gasteiger partial charge in [-0.25, -0.2) is 4.79 Å². The number of esters is 1. The van der Waals surface area contributed by atoms with E-state index in [0.717, 1.165) is 5.56 Å². The Morgan fingerprint density at radius 1 is 1.03 bits per heavy atom. The molecule has 0 radical (unpaired) electrons. The zero-order valence-electron chi connectivity index (χ0n) is 17.0.